The molecule has 6 heteroatoms. The van der Waals surface area contributed by atoms with Crippen LogP contribution in [0.4, 0.5) is 0 Å². The third-order valence-electron chi connectivity index (χ3n) is 3.90. The maximum Gasteiger partial charge on any atom is 0.253 e. The third kappa shape index (κ3) is 2.89. The average molecular weight is 286 g/mol. The summed E-state index contributed by atoms with van der Waals surface area (Å²) in [6.07, 6.45) is 5.39. The van der Waals surface area contributed by atoms with Gasteiger partial charge < -0.3 is 9.64 Å². The maximum absolute atomic E-state index is 12.4. The van der Waals surface area contributed by atoms with E-state index < -0.39 is 0 Å². The number of ether oxygens (including phenoxy) is 1. The van der Waals surface area contributed by atoms with Crippen molar-refractivity contribution in [3.05, 3.63) is 42.2 Å². The van der Waals surface area contributed by atoms with E-state index in [9.17, 15) is 4.79 Å². The summed E-state index contributed by atoms with van der Waals surface area (Å²) in [4.78, 5) is 14.3. The fourth-order valence-electron chi connectivity index (χ4n) is 2.66. The smallest absolute Gasteiger partial charge is 0.253 e. The molecular formula is C15H18N4O2. The highest BCUT2D eigenvalue weighted by molar-refractivity contribution is 5.94. The van der Waals surface area contributed by atoms with Crippen LogP contribution in [0.25, 0.3) is 0 Å². The molecule has 0 aliphatic carbocycles. The Labute approximate surface area is 123 Å². The number of benzene rings is 1. The standard InChI is InChI=1S/C15H18N4O2/c1-21-14-4-2-12(3-5-14)15(20)18-9-6-13(7-10-18)19-11-8-16-17-19/h2-5,8,11,13H,6-7,9-10H2,1H3. The highest BCUT2D eigenvalue weighted by Crippen LogP contribution is 2.23. The van der Waals surface area contributed by atoms with E-state index in [0.717, 1.165) is 31.7 Å². The molecular weight excluding hydrogens is 268 g/mol. The van der Waals surface area contributed by atoms with Crippen molar-refractivity contribution < 1.29 is 9.53 Å². The van der Waals surface area contributed by atoms with Crippen molar-refractivity contribution >= 4 is 5.91 Å². The Balaban J connectivity index is 1.62. The Morgan fingerprint density at radius 1 is 1.24 bits per heavy atom. The molecule has 1 saturated heterocycles. The SMILES string of the molecule is COc1ccc(C(=O)N2CCC(n3ccnn3)CC2)cc1. The lowest BCUT2D eigenvalue weighted by Gasteiger charge is -2.31. The number of methoxy groups -OCH3 is 1. The van der Waals surface area contributed by atoms with Crippen LogP contribution in [0, 0.1) is 0 Å². The van der Waals surface area contributed by atoms with Gasteiger partial charge in [0.25, 0.3) is 5.91 Å². The number of amides is 1. The zero-order chi connectivity index (χ0) is 14.7. The van der Waals surface area contributed by atoms with Gasteiger partial charge in [-0.1, -0.05) is 5.21 Å². The van der Waals surface area contributed by atoms with Crippen molar-refractivity contribution in [3.8, 4) is 5.75 Å². The molecule has 1 aliphatic rings. The molecule has 1 aliphatic heterocycles. The quantitative estimate of drug-likeness (QED) is 0.862. The molecule has 0 N–H and O–H groups in total. The highest BCUT2D eigenvalue weighted by atomic mass is 16.5. The fraction of sp³-hybridized carbons (Fsp3) is 0.400. The lowest BCUT2D eigenvalue weighted by molar-refractivity contribution is 0.0689. The van der Waals surface area contributed by atoms with Gasteiger partial charge in [-0.15, -0.1) is 5.10 Å². The lowest BCUT2D eigenvalue weighted by atomic mass is 10.0. The summed E-state index contributed by atoms with van der Waals surface area (Å²) < 4.78 is 6.99. The monoisotopic (exact) mass is 286 g/mol. The Bertz CT molecular complexity index is 587. The van der Waals surface area contributed by atoms with Crippen LogP contribution in [-0.2, 0) is 0 Å². The first-order chi connectivity index (χ1) is 10.3. The van der Waals surface area contributed by atoms with E-state index in [1.807, 2.05) is 40.0 Å². The summed E-state index contributed by atoms with van der Waals surface area (Å²) in [5.74, 6) is 0.839. The Morgan fingerprint density at radius 3 is 2.52 bits per heavy atom. The predicted molar refractivity (Wildman–Crippen MR) is 77.2 cm³/mol. The molecule has 2 aromatic rings. The van der Waals surface area contributed by atoms with Crippen LogP contribution < -0.4 is 4.74 Å². The number of piperidine rings is 1. The second-order valence-corrected chi connectivity index (χ2v) is 5.13. The lowest BCUT2D eigenvalue weighted by Crippen LogP contribution is -2.39. The molecule has 0 atom stereocenters. The van der Waals surface area contributed by atoms with Crippen LogP contribution in [0.3, 0.4) is 0 Å². The second-order valence-electron chi connectivity index (χ2n) is 5.13. The van der Waals surface area contributed by atoms with E-state index in [4.69, 9.17) is 4.74 Å². The fourth-order valence-corrected chi connectivity index (χ4v) is 2.66. The predicted octanol–water partition coefficient (Wildman–Crippen LogP) is 1.76. The van der Waals surface area contributed by atoms with Gasteiger partial charge in [-0.05, 0) is 37.1 Å². The highest BCUT2D eigenvalue weighted by Gasteiger charge is 2.24. The van der Waals surface area contributed by atoms with E-state index in [0.29, 0.717) is 11.6 Å². The molecule has 6 nitrogen and oxygen atoms in total. The first-order valence-electron chi connectivity index (χ1n) is 7.07. The number of carbonyl (C=O) groups excluding carboxylic acids is 1. The third-order valence-corrected chi connectivity index (χ3v) is 3.90. The molecule has 0 radical (unpaired) electrons. The topological polar surface area (TPSA) is 60.2 Å². The Morgan fingerprint density at radius 2 is 1.95 bits per heavy atom. The first kappa shape index (κ1) is 13.6. The van der Waals surface area contributed by atoms with Crippen LogP contribution in [0.15, 0.2) is 36.7 Å². The normalized spacial score (nSPS) is 16.0. The molecule has 0 unspecified atom stereocenters. The van der Waals surface area contributed by atoms with Gasteiger partial charge in [0, 0.05) is 24.8 Å². The maximum atomic E-state index is 12.4. The van der Waals surface area contributed by atoms with Crippen LogP contribution in [0.1, 0.15) is 29.2 Å². The largest absolute Gasteiger partial charge is 0.497 e. The number of carbonyl (C=O) groups is 1. The van der Waals surface area contributed by atoms with Crippen molar-refractivity contribution in [2.75, 3.05) is 20.2 Å². The average Bonchev–Trinajstić information content (AvgIpc) is 3.09. The van der Waals surface area contributed by atoms with Crippen LogP contribution in [0.2, 0.25) is 0 Å². The molecule has 0 spiro atoms. The van der Waals surface area contributed by atoms with Crippen molar-refractivity contribution in [1.82, 2.24) is 19.9 Å². The van der Waals surface area contributed by atoms with Crippen LogP contribution in [0.5, 0.6) is 5.75 Å². The first-order valence-corrected chi connectivity index (χ1v) is 7.07. The zero-order valence-corrected chi connectivity index (χ0v) is 12.0. The summed E-state index contributed by atoms with van der Waals surface area (Å²) in [5, 5.41) is 7.87. The van der Waals surface area contributed by atoms with Crippen molar-refractivity contribution in [2.45, 2.75) is 18.9 Å². The van der Waals surface area contributed by atoms with E-state index in [1.54, 1.807) is 13.3 Å². The summed E-state index contributed by atoms with van der Waals surface area (Å²) in [6.45, 7) is 1.49. The molecule has 2 heterocycles. The molecule has 0 bridgehead atoms. The molecule has 110 valence electrons. The molecule has 3 rings (SSSR count). The summed E-state index contributed by atoms with van der Waals surface area (Å²) >= 11 is 0. The molecule has 0 saturated carbocycles. The number of hydrogen-bond acceptors (Lipinski definition) is 4. The second kappa shape index (κ2) is 5.95. The molecule has 1 amide bonds. The minimum absolute atomic E-state index is 0.0784. The van der Waals surface area contributed by atoms with Gasteiger partial charge in [0.1, 0.15) is 5.75 Å². The van der Waals surface area contributed by atoms with Gasteiger partial charge >= 0.3 is 0 Å². The molecule has 1 aromatic heterocycles. The van der Waals surface area contributed by atoms with E-state index in [-0.39, 0.29) is 5.91 Å². The minimum Gasteiger partial charge on any atom is -0.497 e. The van der Waals surface area contributed by atoms with Crippen molar-refractivity contribution in [3.63, 3.8) is 0 Å². The van der Waals surface area contributed by atoms with Crippen LogP contribution in [-0.4, -0.2) is 46.0 Å². The van der Waals surface area contributed by atoms with Gasteiger partial charge in [0.15, 0.2) is 0 Å². The molecule has 21 heavy (non-hydrogen) atoms. The number of hydrogen-bond donors (Lipinski definition) is 0. The van der Waals surface area contributed by atoms with Crippen molar-refractivity contribution in [2.24, 2.45) is 0 Å². The number of nitrogens with zero attached hydrogens (tertiary/aromatic N) is 4. The number of aromatic nitrogens is 3. The van der Waals surface area contributed by atoms with Gasteiger partial charge in [-0.25, -0.2) is 4.68 Å². The summed E-state index contributed by atoms with van der Waals surface area (Å²) in [5.41, 5.74) is 0.704. The number of likely N-dealkylation sites (tertiary alicyclic amines) is 1. The van der Waals surface area contributed by atoms with Gasteiger partial charge in [0.2, 0.25) is 0 Å². The minimum atomic E-state index is 0.0784. The van der Waals surface area contributed by atoms with Gasteiger partial charge in [0.05, 0.1) is 19.3 Å². The Kier molecular flexibility index (Phi) is 3.85. The summed E-state index contributed by atoms with van der Waals surface area (Å²) in [6, 6.07) is 7.59. The summed E-state index contributed by atoms with van der Waals surface area (Å²) in [7, 11) is 1.62. The molecule has 1 aromatic carbocycles. The zero-order valence-electron chi connectivity index (χ0n) is 12.0. The Hall–Kier alpha value is -2.37. The van der Waals surface area contributed by atoms with Gasteiger partial charge in [-0.2, -0.15) is 0 Å². The van der Waals surface area contributed by atoms with Crippen molar-refractivity contribution in [1.29, 1.82) is 0 Å². The number of rotatable bonds is 3. The van der Waals surface area contributed by atoms with E-state index in [1.165, 1.54) is 0 Å². The molecule has 1 fully saturated rings. The van der Waals surface area contributed by atoms with Crippen LogP contribution >= 0.6 is 0 Å². The van der Waals surface area contributed by atoms with E-state index in [2.05, 4.69) is 10.3 Å². The van der Waals surface area contributed by atoms with Gasteiger partial charge in [-0.3, -0.25) is 4.79 Å². The van der Waals surface area contributed by atoms with E-state index >= 15 is 0 Å².